The predicted octanol–water partition coefficient (Wildman–Crippen LogP) is 5.31. The van der Waals surface area contributed by atoms with E-state index in [-0.39, 0.29) is 23.7 Å². The Morgan fingerprint density at radius 3 is 2.48 bits per heavy atom. The number of carbonyl (C=O) groups excluding carboxylic acids is 1. The molecule has 0 saturated carbocycles. The molecular weight excluding hydrogens is 422 g/mol. The third kappa shape index (κ3) is 5.33. The van der Waals surface area contributed by atoms with Gasteiger partial charge in [0.15, 0.2) is 6.61 Å². The number of nitrogens with one attached hydrogen (secondary N) is 1. The van der Waals surface area contributed by atoms with Gasteiger partial charge in [0.05, 0.1) is 17.7 Å². The van der Waals surface area contributed by atoms with E-state index in [0.29, 0.717) is 40.5 Å². The van der Waals surface area contributed by atoms with Gasteiger partial charge in [-0.3, -0.25) is 9.59 Å². The van der Waals surface area contributed by atoms with E-state index in [9.17, 15) is 9.59 Å². The second kappa shape index (κ2) is 9.91. The first kappa shape index (κ1) is 22.0. The maximum atomic E-state index is 12.8. The Bertz CT molecular complexity index is 1330. The van der Waals surface area contributed by atoms with E-state index in [1.807, 2.05) is 32.0 Å². The van der Waals surface area contributed by atoms with E-state index in [2.05, 4.69) is 5.32 Å². The van der Waals surface area contributed by atoms with Gasteiger partial charge in [0, 0.05) is 6.07 Å². The van der Waals surface area contributed by atoms with Gasteiger partial charge in [-0.25, -0.2) is 0 Å². The van der Waals surface area contributed by atoms with Crippen molar-refractivity contribution >= 4 is 22.6 Å². The highest BCUT2D eigenvalue weighted by Crippen LogP contribution is 2.25. The molecule has 0 spiro atoms. The number of ether oxygens (including phenoxy) is 3. The van der Waals surface area contributed by atoms with E-state index >= 15 is 0 Å². The molecule has 0 aliphatic carbocycles. The van der Waals surface area contributed by atoms with Crippen molar-refractivity contribution in [2.75, 3.05) is 18.5 Å². The van der Waals surface area contributed by atoms with Crippen molar-refractivity contribution in [3.8, 4) is 23.0 Å². The molecule has 3 aromatic carbocycles. The van der Waals surface area contributed by atoms with Crippen molar-refractivity contribution in [3.05, 3.63) is 88.8 Å². The van der Waals surface area contributed by atoms with Crippen LogP contribution < -0.4 is 25.0 Å². The van der Waals surface area contributed by atoms with Crippen LogP contribution >= 0.6 is 0 Å². The van der Waals surface area contributed by atoms with Crippen LogP contribution in [0.15, 0.2) is 82.2 Å². The topological polar surface area (TPSA) is 87.0 Å². The summed E-state index contributed by atoms with van der Waals surface area (Å²) in [6.07, 6.45) is 1.27. The molecule has 1 amide bonds. The Labute approximate surface area is 190 Å². The second-order valence-corrected chi connectivity index (χ2v) is 7.27. The molecule has 0 aliphatic rings. The van der Waals surface area contributed by atoms with E-state index in [1.165, 1.54) is 6.26 Å². The van der Waals surface area contributed by atoms with Crippen molar-refractivity contribution in [2.24, 2.45) is 0 Å². The number of hydrogen-bond acceptors (Lipinski definition) is 6. The van der Waals surface area contributed by atoms with Gasteiger partial charge in [-0.05, 0) is 50.2 Å². The zero-order valence-corrected chi connectivity index (χ0v) is 18.3. The van der Waals surface area contributed by atoms with Crippen LogP contribution in [-0.4, -0.2) is 19.1 Å². The first-order valence-electron chi connectivity index (χ1n) is 10.5. The minimum Gasteiger partial charge on any atom is -0.492 e. The van der Waals surface area contributed by atoms with Crippen molar-refractivity contribution < 1.29 is 23.4 Å². The lowest BCUT2D eigenvalue weighted by Crippen LogP contribution is -2.20. The zero-order valence-electron chi connectivity index (χ0n) is 18.3. The second-order valence-electron chi connectivity index (χ2n) is 7.27. The van der Waals surface area contributed by atoms with E-state index < -0.39 is 0 Å². The first-order valence-corrected chi connectivity index (χ1v) is 10.5. The summed E-state index contributed by atoms with van der Waals surface area (Å²) in [5, 5.41) is 3.12. The zero-order chi connectivity index (χ0) is 23.2. The highest BCUT2D eigenvalue weighted by atomic mass is 16.5. The fourth-order valence-corrected chi connectivity index (χ4v) is 3.17. The smallest absolute Gasteiger partial charge is 0.262 e. The lowest BCUT2D eigenvalue weighted by molar-refractivity contribution is -0.118. The summed E-state index contributed by atoms with van der Waals surface area (Å²) in [5.74, 6) is 1.28. The highest BCUT2D eigenvalue weighted by Gasteiger charge is 2.12. The molecule has 0 bridgehead atoms. The number of amides is 1. The van der Waals surface area contributed by atoms with Gasteiger partial charge in [-0.15, -0.1) is 0 Å². The van der Waals surface area contributed by atoms with Gasteiger partial charge < -0.3 is 23.9 Å². The molecule has 1 N–H and O–H groups in total. The van der Waals surface area contributed by atoms with Crippen molar-refractivity contribution in [1.82, 2.24) is 0 Å². The fourth-order valence-electron chi connectivity index (χ4n) is 3.17. The Morgan fingerprint density at radius 1 is 0.939 bits per heavy atom. The molecule has 4 rings (SSSR count). The third-order valence-electron chi connectivity index (χ3n) is 4.79. The molecule has 0 aliphatic heterocycles. The quantitative estimate of drug-likeness (QED) is 0.396. The lowest BCUT2D eigenvalue weighted by Gasteiger charge is -2.12. The van der Waals surface area contributed by atoms with E-state index in [1.54, 1.807) is 48.5 Å². The Kier molecular flexibility index (Phi) is 6.59. The third-order valence-corrected chi connectivity index (χ3v) is 4.79. The highest BCUT2D eigenvalue weighted by molar-refractivity contribution is 5.93. The van der Waals surface area contributed by atoms with Crippen LogP contribution in [0.3, 0.4) is 0 Å². The van der Waals surface area contributed by atoms with Crippen LogP contribution in [0.4, 0.5) is 5.69 Å². The van der Waals surface area contributed by atoms with Gasteiger partial charge in [0.25, 0.3) is 5.91 Å². The minimum atomic E-state index is -0.342. The number of carbonyl (C=O) groups is 1. The summed E-state index contributed by atoms with van der Waals surface area (Å²) in [6, 6.07) is 19.3. The average Bonchev–Trinajstić information content (AvgIpc) is 2.82. The Hall–Kier alpha value is -4.26. The van der Waals surface area contributed by atoms with E-state index in [4.69, 9.17) is 18.6 Å². The van der Waals surface area contributed by atoms with Crippen molar-refractivity contribution in [2.45, 2.75) is 13.8 Å². The molecule has 33 heavy (non-hydrogen) atoms. The van der Waals surface area contributed by atoms with Crippen molar-refractivity contribution in [1.29, 1.82) is 0 Å². The standard InChI is InChI=1S/C26H23NO6/c1-3-30-22-7-5-4-6-21(22)27-25(28)16-31-19-12-13-20-23(14-19)32-15-24(26(20)29)33-18-10-8-17(2)9-11-18/h4-15H,3,16H2,1-2H3,(H,27,28). The maximum absolute atomic E-state index is 12.8. The summed E-state index contributed by atoms with van der Waals surface area (Å²) in [5.41, 5.74) is 1.69. The summed E-state index contributed by atoms with van der Waals surface area (Å²) in [7, 11) is 0. The van der Waals surface area contributed by atoms with Gasteiger partial charge in [0.2, 0.25) is 11.2 Å². The van der Waals surface area contributed by atoms with Gasteiger partial charge in [-0.1, -0.05) is 29.8 Å². The molecular formula is C26H23NO6. The summed E-state index contributed by atoms with van der Waals surface area (Å²) < 4.78 is 22.3. The molecule has 0 saturated heterocycles. The molecule has 168 valence electrons. The molecule has 7 heteroatoms. The Morgan fingerprint density at radius 2 is 1.70 bits per heavy atom. The number of fused-ring (bicyclic) bond motifs is 1. The molecule has 1 heterocycles. The van der Waals surface area contributed by atoms with Crippen LogP contribution in [-0.2, 0) is 4.79 Å². The summed E-state index contributed by atoms with van der Waals surface area (Å²) >= 11 is 0. The van der Waals surface area contributed by atoms with Gasteiger partial charge in [0.1, 0.15) is 29.1 Å². The molecule has 4 aromatic rings. The van der Waals surface area contributed by atoms with Crippen LogP contribution in [0.25, 0.3) is 11.0 Å². The predicted molar refractivity (Wildman–Crippen MR) is 125 cm³/mol. The first-order chi connectivity index (χ1) is 16.0. The summed E-state index contributed by atoms with van der Waals surface area (Å²) in [4.78, 5) is 25.1. The van der Waals surface area contributed by atoms with Crippen LogP contribution in [0.2, 0.25) is 0 Å². The van der Waals surface area contributed by atoms with Crippen LogP contribution in [0, 0.1) is 6.92 Å². The number of rotatable bonds is 8. The number of anilines is 1. The van der Waals surface area contributed by atoms with Crippen LogP contribution in [0.5, 0.6) is 23.0 Å². The molecule has 7 nitrogen and oxygen atoms in total. The number of benzene rings is 3. The Balaban J connectivity index is 1.43. The lowest BCUT2D eigenvalue weighted by atomic mass is 10.2. The van der Waals surface area contributed by atoms with Gasteiger partial charge in [-0.2, -0.15) is 0 Å². The van der Waals surface area contributed by atoms with Crippen LogP contribution in [0.1, 0.15) is 12.5 Å². The number of para-hydroxylation sites is 2. The fraction of sp³-hybridized carbons (Fsp3) is 0.154. The maximum Gasteiger partial charge on any atom is 0.262 e. The SMILES string of the molecule is CCOc1ccccc1NC(=O)COc1ccc2c(=O)c(Oc3ccc(C)cc3)coc2c1. The molecule has 0 radical (unpaired) electrons. The molecule has 0 atom stereocenters. The molecule has 0 unspecified atom stereocenters. The van der Waals surface area contributed by atoms with Crippen molar-refractivity contribution in [3.63, 3.8) is 0 Å². The average molecular weight is 445 g/mol. The largest absolute Gasteiger partial charge is 0.492 e. The summed E-state index contributed by atoms with van der Waals surface area (Å²) in [6.45, 7) is 4.11. The van der Waals surface area contributed by atoms with Gasteiger partial charge >= 0.3 is 0 Å². The monoisotopic (exact) mass is 445 g/mol. The normalized spacial score (nSPS) is 10.6. The minimum absolute atomic E-state index is 0.0902. The van der Waals surface area contributed by atoms with E-state index in [0.717, 1.165) is 5.56 Å². The number of hydrogen-bond donors (Lipinski definition) is 1. The molecule has 0 fully saturated rings. The molecule has 1 aromatic heterocycles. The number of aryl methyl sites for hydroxylation is 1.